The highest BCUT2D eigenvalue weighted by atomic mass is 35.5. The fraction of sp³-hybridized carbons (Fsp3) is 0.190. The summed E-state index contributed by atoms with van der Waals surface area (Å²) in [4.78, 5) is 4.62. The SMILES string of the molecule is COCCNc1cc(-c2c(Cl)cccc2Cl)cc(-c2ccc(OC)cc2O)n1. The number of nitrogens with one attached hydrogen (secondary N) is 1. The van der Waals surface area contributed by atoms with Crippen molar-refractivity contribution in [1.82, 2.24) is 4.98 Å². The van der Waals surface area contributed by atoms with Gasteiger partial charge in [-0.25, -0.2) is 4.98 Å². The molecule has 0 aliphatic heterocycles. The van der Waals surface area contributed by atoms with Crippen LogP contribution in [0.15, 0.2) is 48.5 Å². The second-order valence-electron chi connectivity index (χ2n) is 6.03. The Hall–Kier alpha value is -2.47. The monoisotopic (exact) mass is 418 g/mol. The first kappa shape index (κ1) is 20.3. The lowest BCUT2D eigenvalue weighted by Gasteiger charge is -2.14. The number of phenolic OH excluding ortho intramolecular Hbond substituents is 1. The van der Waals surface area contributed by atoms with E-state index in [1.54, 1.807) is 50.6 Å². The number of halogens is 2. The van der Waals surface area contributed by atoms with Gasteiger partial charge in [0.1, 0.15) is 17.3 Å². The van der Waals surface area contributed by atoms with Crippen molar-refractivity contribution in [2.75, 3.05) is 32.7 Å². The number of ether oxygens (including phenoxy) is 2. The summed E-state index contributed by atoms with van der Waals surface area (Å²) in [6.07, 6.45) is 0. The van der Waals surface area contributed by atoms with E-state index in [2.05, 4.69) is 10.3 Å². The molecule has 5 nitrogen and oxygen atoms in total. The molecule has 0 atom stereocenters. The minimum Gasteiger partial charge on any atom is -0.507 e. The fourth-order valence-corrected chi connectivity index (χ4v) is 3.43. The molecule has 0 unspecified atom stereocenters. The van der Waals surface area contributed by atoms with Crippen LogP contribution in [0.1, 0.15) is 0 Å². The maximum absolute atomic E-state index is 10.4. The van der Waals surface area contributed by atoms with Gasteiger partial charge in [0.15, 0.2) is 0 Å². The molecule has 0 amide bonds. The van der Waals surface area contributed by atoms with Crippen LogP contribution in [0.2, 0.25) is 10.0 Å². The third-order valence-corrected chi connectivity index (χ3v) is 4.80. The number of rotatable bonds is 7. The lowest BCUT2D eigenvalue weighted by molar-refractivity contribution is 0.210. The van der Waals surface area contributed by atoms with Crippen molar-refractivity contribution in [3.05, 3.63) is 58.6 Å². The van der Waals surface area contributed by atoms with Crippen LogP contribution in [0.3, 0.4) is 0 Å². The molecule has 3 aromatic rings. The molecule has 0 bridgehead atoms. The van der Waals surface area contributed by atoms with E-state index in [0.717, 1.165) is 5.56 Å². The van der Waals surface area contributed by atoms with Crippen molar-refractivity contribution in [1.29, 1.82) is 0 Å². The first-order chi connectivity index (χ1) is 13.5. The standard InChI is InChI=1S/C21H20Cl2N2O3/c1-27-9-8-24-20-11-13(21-16(22)4-3-5-17(21)23)10-18(25-20)15-7-6-14(28-2)12-19(15)26/h3-7,10-12,26H,8-9H2,1-2H3,(H,24,25). The van der Waals surface area contributed by atoms with Gasteiger partial charge in [0.05, 0.1) is 19.4 Å². The van der Waals surface area contributed by atoms with Gasteiger partial charge in [-0.1, -0.05) is 29.3 Å². The van der Waals surface area contributed by atoms with Crippen LogP contribution in [0.25, 0.3) is 22.4 Å². The van der Waals surface area contributed by atoms with E-state index in [1.807, 2.05) is 12.1 Å². The molecule has 0 aliphatic rings. The van der Waals surface area contributed by atoms with Crippen LogP contribution in [0, 0.1) is 0 Å². The predicted octanol–water partition coefficient (Wildman–Crippen LogP) is 5.49. The van der Waals surface area contributed by atoms with E-state index in [4.69, 9.17) is 32.7 Å². The zero-order valence-corrected chi connectivity index (χ0v) is 17.0. The van der Waals surface area contributed by atoms with Gasteiger partial charge in [-0.05, 0) is 42.0 Å². The Morgan fingerprint density at radius 3 is 2.43 bits per heavy atom. The molecular formula is C21H20Cl2N2O3. The highest BCUT2D eigenvalue weighted by molar-refractivity contribution is 6.39. The lowest BCUT2D eigenvalue weighted by Crippen LogP contribution is -2.09. The zero-order valence-electron chi connectivity index (χ0n) is 15.5. The number of hydrogen-bond acceptors (Lipinski definition) is 5. The van der Waals surface area contributed by atoms with Crippen LogP contribution >= 0.6 is 23.2 Å². The van der Waals surface area contributed by atoms with Crippen molar-refractivity contribution in [3.8, 4) is 33.9 Å². The van der Waals surface area contributed by atoms with Crippen LogP contribution in [-0.2, 0) is 4.74 Å². The number of methoxy groups -OCH3 is 2. The maximum atomic E-state index is 10.4. The normalized spacial score (nSPS) is 10.7. The summed E-state index contributed by atoms with van der Waals surface area (Å²) in [7, 11) is 3.18. The lowest BCUT2D eigenvalue weighted by atomic mass is 10.0. The number of nitrogens with zero attached hydrogens (tertiary/aromatic N) is 1. The maximum Gasteiger partial charge on any atom is 0.128 e. The summed E-state index contributed by atoms with van der Waals surface area (Å²) in [6, 6.07) is 14.1. The number of pyridine rings is 1. The summed E-state index contributed by atoms with van der Waals surface area (Å²) in [5, 5.41) is 14.7. The average Bonchev–Trinajstić information content (AvgIpc) is 2.68. The first-order valence-electron chi connectivity index (χ1n) is 8.60. The van der Waals surface area contributed by atoms with Crippen molar-refractivity contribution >= 4 is 29.0 Å². The van der Waals surface area contributed by atoms with Gasteiger partial charge in [-0.15, -0.1) is 0 Å². The number of benzene rings is 2. The van der Waals surface area contributed by atoms with Gasteiger partial charge in [-0.3, -0.25) is 0 Å². The van der Waals surface area contributed by atoms with Crippen LogP contribution < -0.4 is 10.1 Å². The Morgan fingerprint density at radius 1 is 1.04 bits per heavy atom. The molecule has 0 saturated carbocycles. The number of aromatic nitrogens is 1. The molecule has 146 valence electrons. The van der Waals surface area contributed by atoms with Crippen molar-refractivity contribution in [2.45, 2.75) is 0 Å². The van der Waals surface area contributed by atoms with E-state index in [1.165, 1.54) is 0 Å². The van der Waals surface area contributed by atoms with Gasteiger partial charge in [0.2, 0.25) is 0 Å². The predicted molar refractivity (Wildman–Crippen MR) is 114 cm³/mol. The van der Waals surface area contributed by atoms with Gasteiger partial charge >= 0.3 is 0 Å². The topological polar surface area (TPSA) is 63.6 Å². The second kappa shape index (κ2) is 9.15. The quantitative estimate of drug-likeness (QED) is 0.496. The Bertz CT molecular complexity index is 960. The largest absolute Gasteiger partial charge is 0.507 e. The zero-order chi connectivity index (χ0) is 20.1. The van der Waals surface area contributed by atoms with Crippen LogP contribution in [0.4, 0.5) is 5.82 Å². The molecule has 0 saturated heterocycles. The van der Waals surface area contributed by atoms with Gasteiger partial charge < -0.3 is 19.9 Å². The van der Waals surface area contributed by atoms with E-state index in [0.29, 0.717) is 51.6 Å². The Balaban J connectivity index is 2.13. The number of phenols is 1. The molecule has 0 spiro atoms. The first-order valence-corrected chi connectivity index (χ1v) is 9.35. The minimum atomic E-state index is 0.0668. The molecule has 0 fully saturated rings. The average molecular weight is 419 g/mol. The Kier molecular flexibility index (Phi) is 6.62. The van der Waals surface area contributed by atoms with Crippen LogP contribution in [-0.4, -0.2) is 37.5 Å². The highest BCUT2D eigenvalue weighted by Gasteiger charge is 2.14. The smallest absolute Gasteiger partial charge is 0.128 e. The summed E-state index contributed by atoms with van der Waals surface area (Å²) < 4.78 is 10.2. The minimum absolute atomic E-state index is 0.0668. The molecule has 1 heterocycles. The molecule has 0 radical (unpaired) electrons. The van der Waals surface area contributed by atoms with E-state index in [-0.39, 0.29) is 5.75 Å². The van der Waals surface area contributed by atoms with E-state index < -0.39 is 0 Å². The molecule has 1 aromatic heterocycles. The Labute approximate surface area is 173 Å². The Morgan fingerprint density at radius 2 is 1.79 bits per heavy atom. The van der Waals surface area contributed by atoms with E-state index in [9.17, 15) is 5.11 Å². The van der Waals surface area contributed by atoms with Crippen molar-refractivity contribution in [2.24, 2.45) is 0 Å². The van der Waals surface area contributed by atoms with Gasteiger partial charge in [-0.2, -0.15) is 0 Å². The van der Waals surface area contributed by atoms with E-state index >= 15 is 0 Å². The summed E-state index contributed by atoms with van der Waals surface area (Å²) >= 11 is 12.8. The third-order valence-electron chi connectivity index (χ3n) is 4.17. The molecular weight excluding hydrogens is 399 g/mol. The molecule has 28 heavy (non-hydrogen) atoms. The molecule has 7 heteroatoms. The molecule has 3 rings (SSSR count). The van der Waals surface area contributed by atoms with Crippen LogP contribution in [0.5, 0.6) is 11.5 Å². The van der Waals surface area contributed by atoms with Crippen molar-refractivity contribution < 1.29 is 14.6 Å². The number of hydrogen-bond donors (Lipinski definition) is 2. The molecule has 0 aliphatic carbocycles. The highest BCUT2D eigenvalue weighted by Crippen LogP contribution is 2.39. The summed E-state index contributed by atoms with van der Waals surface area (Å²) in [5.74, 6) is 1.25. The molecule has 2 aromatic carbocycles. The third kappa shape index (κ3) is 4.50. The molecule has 2 N–H and O–H groups in total. The summed E-state index contributed by atoms with van der Waals surface area (Å²) in [6.45, 7) is 1.11. The van der Waals surface area contributed by atoms with Crippen molar-refractivity contribution in [3.63, 3.8) is 0 Å². The summed E-state index contributed by atoms with van der Waals surface area (Å²) in [5.41, 5.74) is 2.64. The van der Waals surface area contributed by atoms with Gasteiger partial charge in [0, 0.05) is 40.9 Å². The van der Waals surface area contributed by atoms with Gasteiger partial charge in [0.25, 0.3) is 0 Å². The second-order valence-corrected chi connectivity index (χ2v) is 6.84. The number of aromatic hydroxyl groups is 1. The number of anilines is 1. The fourth-order valence-electron chi connectivity index (χ4n) is 2.81.